The maximum Gasteiger partial charge on any atom is 0.226 e. The molecule has 0 bridgehead atoms. The van der Waals surface area contributed by atoms with Gasteiger partial charge in [0.2, 0.25) is 5.91 Å². The summed E-state index contributed by atoms with van der Waals surface area (Å²) in [7, 11) is 0. The first-order valence-corrected chi connectivity index (χ1v) is 7.57. The first kappa shape index (κ1) is 13.8. The van der Waals surface area contributed by atoms with Gasteiger partial charge in [-0.05, 0) is 42.7 Å². The predicted molar refractivity (Wildman–Crippen MR) is 86.7 cm³/mol. The molecule has 0 spiro atoms. The Morgan fingerprint density at radius 3 is 2.91 bits per heavy atom. The number of aromatic amines is 1. The van der Waals surface area contributed by atoms with Gasteiger partial charge in [-0.1, -0.05) is 6.07 Å². The van der Waals surface area contributed by atoms with Crippen LogP contribution >= 0.6 is 0 Å². The Morgan fingerprint density at radius 1 is 1.22 bits per heavy atom. The SMILES string of the molecule is Cc1ccc(-n2cc(C3CC(=O)Nc4[nH]ncc43)cn2)cc1C. The molecule has 1 aliphatic rings. The van der Waals surface area contributed by atoms with Crippen LogP contribution in [0.2, 0.25) is 0 Å². The Hall–Kier alpha value is -2.89. The van der Waals surface area contributed by atoms with E-state index in [1.165, 1.54) is 11.1 Å². The fraction of sp³-hybridized carbons (Fsp3) is 0.235. The summed E-state index contributed by atoms with van der Waals surface area (Å²) < 4.78 is 1.86. The van der Waals surface area contributed by atoms with Crippen LogP contribution in [0.25, 0.3) is 5.69 Å². The van der Waals surface area contributed by atoms with E-state index in [4.69, 9.17) is 0 Å². The lowest BCUT2D eigenvalue weighted by atomic mass is 9.89. The lowest BCUT2D eigenvalue weighted by Crippen LogP contribution is -2.22. The molecule has 2 N–H and O–H groups in total. The number of hydrogen-bond donors (Lipinski definition) is 2. The molecule has 0 radical (unpaired) electrons. The van der Waals surface area contributed by atoms with Crippen molar-refractivity contribution in [2.45, 2.75) is 26.2 Å². The van der Waals surface area contributed by atoms with Crippen molar-refractivity contribution in [1.82, 2.24) is 20.0 Å². The average molecular weight is 307 g/mol. The summed E-state index contributed by atoms with van der Waals surface area (Å²) >= 11 is 0. The van der Waals surface area contributed by atoms with Gasteiger partial charge in [0.25, 0.3) is 0 Å². The molecular formula is C17H17N5O. The van der Waals surface area contributed by atoms with Gasteiger partial charge < -0.3 is 5.32 Å². The number of benzene rings is 1. The molecule has 1 atom stereocenters. The molecule has 2 aromatic heterocycles. The maximum absolute atomic E-state index is 11.9. The fourth-order valence-corrected chi connectivity index (χ4v) is 2.97. The third-order valence-corrected chi connectivity index (χ3v) is 4.46. The van der Waals surface area contributed by atoms with Crippen LogP contribution in [-0.2, 0) is 4.79 Å². The summed E-state index contributed by atoms with van der Waals surface area (Å²) in [5.41, 5.74) is 5.53. The molecule has 0 aliphatic carbocycles. The Bertz CT molecular complexity index is 892. The summed E-state index contributed by atoms with van der Waals surface area (Å²) in [5.74, 6) is 0.661. The molecule has 1 amide bonds. The monoisotopic (exact) mass is 307 g/mol. The Morgan fingerprint density at radius 2 is 2.09 bits per heavy atom. The molecule has 0 fully saturated rings. The van der Waals surface area contributed by atoms with Crippen molar-refractivity contribution < 1.29 is 4.79 Å². The van der Waals surface area contributed by atoms with Crippen LogP contribution in [0.3, 0.4) is 0 Å². The van der Waals surface area contributed by atoms with E-state index in [9.17, 15) is 4.79 Å². The fourth-order valence-electron chi connectivity index (χ4n) is 2.97. The van der Waals surface area contributed by atoms with Crippen LogP contribution < -0.4 is 5.32 Å². The van der Waals surface area contributed by atoms with E-state index in [1.807, 2.05) is 17.1 Å². The van der Waals surface area contributed by atoms with Crippen molar-refractivity contribution in [1.29, 1.82) is 0 Å². The van der Waals surface area contributed by atoms with Gasteiger partial charge in [0, 0.05) is 24.1 Å². The van der Waals surface area contributed by atoms with E-state index in [0.717, 1.165) is 16.8 Å². The zero-order valence-electron chi connectivity index (χ0n) is 13.0. The minimum absolute atomic E-state index is 0.00863. The van der Waals surface area contributed by atoms with Crippen LogP contribution in [0.5, 0.6) is 0 Å². The number of aromatic nitrogens is 4. The molecule has 3 aromatic rings. The second-order valence-electron chi connectivity index (χ2n) is 5.99. The first-order chi connectivity index (χ1) is 11.1. The summed E-state index contributed by atoms with van der Waals surface area (Å²) in [6, 6.07) is 6.26. The summed E-state index contributed by atoms with van der Waals surface area (Å²) in [5, 5.41) is 14.1. The summed E-state index contributed by atoms with van der Waals surface area (Å²) in [4.78, 5) is 11.9. The molecule has 1 unspecified atom stereocenters. The predicted octanol–water partition coefficient (Wildman–Crippen LogP) is 2.69. The molecule has 1 aliphatic heterocycles. The van der Waals surface area contributed by atoms with E-state index >= 15 is 0 Å². The van der Waals surface area contributed by atoms with Gasteiger partial charge in [0.05, 0.1) is 18.1 Å². The van der Waals surface area contributed by atoms with Gasteiger partial charge in [0.15, 0.2) is 0 Å². The molecule has 0 saturated carbocycles. The number of anilines is 1. The van der Waals surface area contributed by atoms with Crippen molar-refractivity contribution in [2.24, 2.45) is 0 Å². The molecule has 3 heterocycles. The number of carbonyl (C=O) groups is 1. The summed E-state index contributed by atoms with van der Waals surface area (Å²) in [6.45, 7) is 4.18. The zero-order valence-corrected chi connectivity index (χ0v) is 13.0. The number of aryl methyl sites for hydroxylation is 2. The molecule has 116 valence electrons. The quantitative estimate of drug-likeness (QED) is 0.764. The molecule has 0 saturated heterocycles. The smallest absolute Gasteiger partial charge is 0.226 e. The van der Waals surface area contributed by atoms with Crippen LogP contribution in [0.1, 0.15) is 34.6 Å². The van der Waals surface area contributed by atoms with Crippen molar-refractivity contribution in [3.63, 3.8) is 0 Å². The van der Waals surface area contributed by atoms with E-state index in [-0.39, 0.29) is 11.8 Å². The van der Waals surface area contributed by atoms with E-state index in [1.54, 1.807) is 6.20 Å². The molecule has 6 nitrogen and oxygen atoms in total. The highest BCUT2D eigenvalue weighted by Crippen LogP contribution is 2.35. The number of nitrogens with zero attached hydrogens (tertiary/aromatic N) is 3. The Labute approximate surface area is 133 Å². The standard InChI is InChI=1S/C17H17N5O/c1-10-3-4-13(5-11(10)2)22-9-12(7-19-22)14-6-16(23)20-17-15(14)8-18-21-17/h3-5,7-9,14H,6H2,1-2H3,(H2,18,20,21,23). The molecule has 6 heteroatoms. The number of H-pyrrole nitrogens is 1. The van der Waals surface area contributed by atoms with E-state index in [2.05, 4.69) is 52.7 Å². The molecule has 1 aromatic carbocycles. The molecule has 23 heavy (non-hydrogen) atoms. The topological polar surface area (TPSA) is 75.6 Å². The third kappa shape index (κ3) is 2.32. The second-order valence-corrected chi connectivity index (χ2v) is 5.99. The van der Waals surface area contributed by atoms with Gasteiger partial charge in [0.1, 0.15) is 5.82 Å². The number of rotatable bonds is 2. The number of amides is 1. The third-order valence-electron chi connectivity index (χ3n) is 4.46. The molecular weight excluding hydrogens is 290 g/mol. The second kappa shape index (κ2) is 5.08. The van der Waals surface area contributed by atoms with Gasteiger partial charge in [-0.25, -0.2) is 4.68 Å². The van der Waals surface area contributed by atoms with E-state index < -0.39 is 0 Å². The summed E-state index contributed by atoms with van der Waals surface area (Å²) in [6.07, 6.45) is 6.00. The highest BCUT2D eigenvalue weighted by Gasteiger charge is 2.29. The van der Waals surface area contributed by atoms with Crippen LogP contribution in [-0.4, -0.2) is 25.9 Å². The first-order valence-electron chi connectivity index (χ1n) is 7.57. The highest BCUT2D eigenvalue weighted by atomic mass is 16.1. The van der Waals surface area contributed by atoms with Gasteiger partial charge >= 0.3 is 0 Å². The highest BCUT2D eigenvalue weighted by molar-refractivity contribution is 5.94. The lowest BCUT2D eigenvalue weighted by molar-refractivity contribution is -0.116. The van der Waals surface area contributed by atoms with Crippen molar-refractivity contribution in [3.8, 4) is 5.69 Å². The Kier molecular flexibility index (Phi) is 3.04. The Balaban J connectivity index is 1.71. The van der Waals surface area contributed by atoms with Gasteiger partial charge in [-0.2, -0.15) is 10.2 Å². The van der Waals surface area contributed by atoms with E-state index in [0.29, 0.717) is 12.2 Å². The molecule has 4 rings (SSSR count). The van der Waals surface area contributed by atoms with Crippen molar-refractivity contribution in [3.05, 3.63) is 59.0 Å². The maximum atomic E-state index is 11.9. The van der Waals surface area contributed by atoms with Crippen molar-refractivity contribution >= 4 is 11.7 Å². The van der Waals surface area contributed by atoms with Crippen LogP contribution in [0, 0.1) is 13.8 Å². The zero-order chi connectivity index (χ0) is 16.0. The van der Waals surface area contributed by atoms with Crippen molar-refractivity contribution in [2.75, 3.05) is 5.32 Å². The average Bonchev–Trinajstić information content (AvgIpc) is 3.18. The largest absolute Gasteiger partial charge is 0.311 e. The van der Waals surface area contributed by atoms with Crippen LogP contribution in [0.15, 0.2) is 36.8 Å². The number of carbonyl (C=O) groups excluding carboxylic acids is 1. The number of fused-ring (bicyclic) bond motifs is 1. The number of hydrogen-bond acceptors (Lipinski definition) is 3. The van der Waals surface area contributed by atoms with Crippen LogP contribution in [0.4, 0.5) is 5.82 Å². The normalized spacial score (nSPS) is 17.0. The number of nitrogens with one attached hydrogen (secondary N) is 2. The lowest BCUT2D eigenvalue weighted by Gasteiger charge is -2.20. The minimum Gasteiger partial charge on any atom is -0.311 e. The minimum atomic E-state index is -0.0159. The van der Waals surface area contributed by atoms with Gasteiger partial charge in [-0.3, -0.25) is 9.89 Å². The van der Waals surface area contributed by atoms with Gasteiger partial charge in [-0.15, -0.1) is 0 Å².